The van der Waals surface area contributed by atoms with Crippen LogP contribution in [0.1, 0.15) is 38.4 Å². The molecule has 1 atom stereocenters. The van der Waals surface area contributed by atoms with Crippen molar-refractivity contribution in [3.63, 3.8) is 0 Å². The molecule has 2 N–H and O–H groups in total. The molecule has 1 heterocycles. The molecule has 0 fully saturated rings. The first-order chi connectivity index (χ1) is 9.93. The first-order valence-corrected chi connectivity index (χ1v) is 7.10. The number of likely N-dealkylation sites (N-methyl/N-ethyl adjacent to an activating group) is 1. The first-order valence-electron chi connectivity index (χ1n) is 7.10. The summed E-state index contributed by atoms with van der Waals surface area (Å²) in [6, 6.07) is 1.27. The molecule has 1 rings (SSSR count). The number of nitrogens with one attached hydrogen (secondary N) is 1. The van der Waals surface area contributed by atoms with E-state index in [1.54, 1.807) is 24.9 Å². The minimum Gasteiger partial charge on any atom is -0.481 e. The molecule has 0 radical (unpaired) electrons. The molecule has 0 saturated carbocycles. The Morgan fingerprint density at radius 2 is 2.18 bits per heavy atom. The van der Waals surface area contributed by atoms with Crippen LogP contribution in [0, 0.1) is 6.92 Å². The number of carboxylic acid groups (broad SMARTS) is 1. The third-order valence-electron chi connectivity index (χ3n) is 3.22. The predicted molar refractivity (Wildman–Crippen MR) is 85.3 cm³/mol. The van der Waals surface area contributed by atoms with Crippen LogP contribution < -0.4 is 5.32 Å². The van der Waals surface area contributed by atoms with E-state index in [0.29, 0.717) is 24.5 Å². The van der Waals surface area contributed by atoms with Gasteiger partial charge < -0.3 is 14.9 Å². The Bertz CT molecular complexity index is 478. The van der Waals surface area contributed by atoms with E-state index < -0.39 is 5.97 Å². The molecule has 126 valence electrons. The Morgan fingerprint density at radius 1 is 1.50 bits per heavy atom. The van der Waals surface area contributed by atoms with Crippen LogP contribution in [-0.4, -0.2) is 46.7 Å². The number of aromatic nitrogens is 1. The van der Waals surface area contributed by atoms with Gasteiger partial charge in [-0.3, -0.25) is 14.5 Å². The molecule has 8 heteroatoms. The van der Waals surface area contributed by atoms with E-state index in [-0.39, 0.29) is 30.8 Å². The standard InChI is InChI=1S/C14H23N3O4.ClH/c1-4-5-6-11(17(3)8-7-13(18)19)14(20)15-12-9-10(2)21-16-12;/h9,11H,4-8H2,1-3H3,(H,18,19)(H,15,16,20);1H. The zero-order chi connectivity index (χ0) is 15.8. The van der Waals surface area contributed by atoms with E-state index in [0.717, 1.165) is 12.8 Å². The molecule has 0 bridgehead atoms. The number of amides is 1. The summed E-state index contributed by atoms with van der Waals surface area (Å²) in [5.74, 6) is -0.0615. The van der Waals surface area contributed by atoms with Crippen LogP contribution in [0.15, 0.2) is 10.6 Å². The Labute approximate surface area is 136 Å². The quantitative estimate of drug-likeness (QED) is 0.720. The molecule has 7 nitrogen and oxygen atoms in total. The molecule has 1 aromatic rings. The van der Waals surface area contributed by atoms with Crippen molar-refractivity contribution >= 4 is 30.1 Å². The van der Waals surface area contributed by atoms with Crippen LogP contribution >= 0.6 is 12.4 Å². The maximum atomic E-state index is 12.3. The molecule has 0 aliphatic heterocycles. The summed E-state index contributed by atoms with van der Waals surface area (Å²) in [4.78, 5) is 24.8. The SMILES string of the molecule is CCCCC(C(=O)Nc1cc(C)on1)N(C)CCC(=O)O.Cl. The Balaban J connectivity index is 0.00000441. The number of carbonyl (C=O) groups excluding carboxylic acids is 1. The Kier molecular flexibility index (Phi) is 9.44. The summed E-state index contributed by atoms with van der Waals surface area (Å²) in [6.07, 6.45) is 2.55. The van der Waals surface area contributed by atoms with Crippen LogP contribution in [0.5, 0.6) is 0 Å². The zero-order valence-corrected chi connectivity index (χ0v) is 14.0. The van der Waals surface area contributed by atoms with Crippen molar-refractivity contribution in [2.45, 2.75) is 45.6 Å². The van der Waals surface area contributed by atoms with E-state index in [9.17, 15) is 9.59 Å². The normalized spacial score (nSPS) is 11.8. The third-order valence-corrected chi connectivity index (χ3v) is 3.22. The van der Waals surface area contributed by atoms with Crippen molar-refractivity contribution < 1.29 is 19.2 Å². The van der Waals surface area contributed by atoms with Gasteiger partial charge in [-0.25, -0.2) is 0 Å². The number of unbranched alkanes of at least 4 members (excludes halogenated alkanes) is 1. The fraction of sp³-hybridized carbons (Fsp3) is 0.643. The number of anilines is 1. The second kappa shape index (κ2) is 10.2. The number of aryl methyl sites for hydroxylation is 1. The zero-order valence-electron chi connectivity index (χ0n) is 13.2. The lowest BCUT2D eigenvalue weighted by atomic mass is 10.1. The van der Waals surface area contributed by atoms with Crippen molar-refractivity contribution in [3.05, 3.63) is 11.8 Å². The molecule has 0 aliphatic carbocycles. The van der Waals surface area contributed by atoms with E-state index in [1.165, 1.54) is 0 Å². The number of rotatable bonds is 9. The molecule has 0 aliphatic rings. The maximum Gasteiger partial charge on any atom is 0.304 e. The molecule has 0 saturated heterocycles. The predicted octanol–water partition coefficient (Wildman–Crippen LogP) is 2.31. The summed E-state index contributed by atoms with van der Waals surface area (Å²) in [5.41, 5.74) is 0. The molecule has 0 spiro atoms. The van der Waals surface area contributed by atoms with Crippen LogP contribution in [0.2, 0.25) is 0 Å². The highest BCUT2D eigenvalue weighted by Crippen LogP contribution is 2.13. The lowest BCUT2D eigenvalue weighted by Gasteiger charge is -2.26. The second-order valence-corrected chi connectivity index (χ2v) is 5.09. The summed E-state index contributed by atoms with van der Waals surface area (Å²) >= 11 is 0. The first kappa shape index (κ1) is 20.4. The minimum absolute atomic E-state index is 0. The van der Waals surface area contributed by atoms with Gasteiger partial charge in [-0.1, -0.05) is 24.9 Å². The summed E-state index contributed by atoms with van der Waals surface area (Å²) in [6.45, 7) is 4.12. The number of hydrogen-bond donors (Lipinski definition) is 2. The van der Waals surface area contributed by atoms with Gasteiger partial charge in [0.15, 0.2) is 5.82 Å². The molecule has 22 heavy (non-hydrogen) atoms. The third kappa shape index (κ3) is 6.91. The topological polar surface area (TPSA) is 95.7 Å². The van der Waals surface area contributed by atoms with Gasteiger partial charge in [-0.2, -0.15) is 0 Å². The smallest absolute Gasteiger partial charge is 0.304 e. The molecule has 1 unspecified atom stereocenters. The molecule has 1 amide bonds. The van der Waals surface area contributed by atoms with Crippen LogP contribution in [0.25, 0.3) is 0 Å². The van der Waals surface area contributed by atoms with Crippen molar-refractivity contribution in [1.29, 1.82) is 0 Å². The summed E-state index contributed by atoms with van der Waals surface area (Å²) in [5, 5.41) is 15.2. The van der Waals surface area contributed by atoms with Gasteiger partial charge >= 0.3 is 5.97 Å². The van der Waals surface area contributed by atoms with E-state index in [4.69, 9.17) is 9.63 Å². The van der Waals surface area contributed by atoms with Crippen molar-refractivity contribution in [3.8, 4) is 0 Å². The van der Waals surface area contributed by atoms with Gasteiger partial charge in [0, 0.05) is 12.6 Å². The Morgan fingerprint density at radius 3 is 2.68 bits per heavy atom. The van der Waals surface area contributed by atoms with E-state index in [1.807, 2.05) is 6.92 Å². The number of hydrogen-bond acceptors (Lipinski definition) is 5. The minimum atomic E-state index is -0.872. The van der Waals surface area contributed by atoms with Gasteiger partial charge in [-0.15, -0.1) is 12.4 Å². The van der Waals surface area contributed by atoms with Crippen LogP contribution in [-0.2, 0) is 9.59 Å². The monoisotopic (exact) mass is 333 g/mol. The van der Waals surface area contributed by atoms with Crippen LogP contribution in [0.4, 0.5) is 5.82 Å². The highest BCUT2D eigenvalue weighted by atomic mass is 35.5. The van der Waals surface area contributed by atoms with Gasteiger partial charge in [-0.05, 0) is 20.4 Å². The fourth-order valence-electron chi connectivity index (χ4n) is 2.01. The molecular weight excluding hydrogens is 310 g/mol. The fourth-order valence-corrected chi connectivity index (χ4v) is 2.01. The van der Waals surface area contributed by atoms with Gasteiger partial charge in [0.2, 0.25) is 5.91 Å². The summed E-state index contributed by atoms with van der Waals surface area (Å²) in [7, 11) is 1.76. The number of halogens is 1. The van der Waals surface area contributed by atoms with E-state index in [2.05, 4.69) is 10.5 Å². The van der Waals surface area contributed by atoms with Gasteiger partial charge in [0.1, 0.15) is 5.76 Å². The lowest BCUT2D eigenvalue weighted by molar-refractivity contribution is -0.138. The number of carbonyl (C=O) groups is 2. The van der Waals surface area contributed by atoms with Gasteiger partial charge in [0.05, 0.1) is 12.5 Å². The van der Waals surface area contributed by atoms with E-state index >= 15 is 0 Å². The molecular formula is C14H24ClN3O4. The summed E-state index contributed by atoms with van der Waals surface area (Å²) < 4.78 is 4.91. The average Bonchev–Trinajstić information content (AvgIpc) is 2.82. The lowest BCUT2D eigenvalue weighted by Crippen LogP contribution is -2.42. The van der Waals surface area contributed by atoms with Crippen molar-refractivity contribution in [2.24, 2.45) is 0 Å². The maximum absolute atomic E-state index is 12.3. The van der Waals surface area contributed by atoms with Crippen molar-refractivity contribution in [1.82, 2.24) is 10.1 Å². The Hall–Kier alpha value is -1.60. The number of nitrogens with zero attached hydrogens (tertiary/aromatic N) is 2. The highest BCUT2D eigenvalue weighted by molar-refractivity contribution is 5.94. The van der Waals surface area contributed by atoms with Gasteiger partial charge in [0.25, 0.3) is 0 Å². The largest absolute Gasteiger partial charge is 0.481 e. The number of carboxylic acids is 1. The number of aliphatic carboxylic acids is 1. The highest BCUT2D eigenvalue weighted by Gasteiger charge is 2.23. The average molecular weight is 334 g/mol. The molecule has 1 aromatic heterocycles. The molecule has 0 aromatic carbocycles. The van der Waals surface area contributed by atoms with Crippen molar-refractivity contribution in [2.75, 3.05) is 18.9 Å². The van der Waals surface area contributed by atoms with Crippen LogP contribution in [0.3, 0.4) is 0 Å². The second-order valence-electron chi connectivity index (χ2n) is 5.09.